The maximum Gasteiger partial charge on any atom is 0.318 e. The monoisotopic (exact) mass is 386 g/mol. The average molecular weight is 386 g/mol. The molecule has 1 fully saturated rings. The number of ether oxygens (including phenoxy) is 2. The Morgan fingerprint density at radius 1 is 1.29 bits per heavy atom. The Kier molecular flexibility index (Phi) is 4.87. The lowest BCUT2D eigenvalue weighted by atomic mass is 9.97. The van der Waals surface area contributed by atoms with Crippen LogP contribution < -0.4 is 14.8 Å². The second-order valence-electron chi connectivity index (χ2n) is 8.15. The van der Waals surface area contributed by atoms with Crippen LogP contribution in [0.4, 0.5) is 4.79 Å². The molecule has 0 saturated carbocycles. The number of amides is 2. The van der Waals surface area contributed by atoms with Crippen LogP contribution in [-0.2, 0) is 12.0 Å². The fourth-order valence-corrected chi connectivity index (χ4v) is 3.58. The molecule has 1 saturated heterocycles. The molecule has 3 heterocycles. The zero-order chi connectivity index (χ0) is 19.7. The highest BCUT2D eigenvalue weighted by atomic mass is 16.6. The van der Waals surface area contributed by atoms with Crippen molar-refractivity contribution in [1.82, 2.24) is 20.4 Å². The topological polar surface area (TPSA) is 89.7 Å². The average Bonchev–Trinajstić information content (AvgIpc) is 3.35. The summed E-state index contributed by atoms with van der Waals surface area (Å²) >= 11 is 0. The zero-order valence-corrected chi connectivity index (χ0v) is 16.5. The van der Waals surface area contributed by atoms with Crippen LogP contribution in [0.5, 0.6) is 11.5 Å². The quantitative estimate of drug-likeness (QED) is 0.871. The Morgan fingerprint density at radius 3 is 2.89 bits per heavy atom. The van der Waals surface area contributed by atoms with E-state index in [4.69, 9.17) is 14.0 Å². The number of carbonyl (C=O) groups excluding carboxylic acids is 1. The molecule has 2 aliphatic heterocycles. The van der Waals surface area contributed by atoms with Gasteiger partial charge in [0.05, 0.1) is 12.6 Å². The second kappa shape index (κ2) is 7.33. The normalized spacial score (nSPS) is 19.0. The highest BCUT2D eigenvalue weighted by Crippen LogP contribution is 2.42. The van der Waals surface area contributed by atoms with Crippen molar-refractivity contribution in [2.45, 2.75) is 51.6 Å². The number of nitrogens with one attached hydrogen (secondary N) is 1. The number of hydrogen-bond donors (Lipinski definition) is 1. The molecule has 2 amide bonds. The molecule has 1 atom stereocenters. The van der Waals surface area contributed by atoms with Crippen LogP contribution in [0.15, 0.2) is 22.7 Å². The number of para-hydroxylation sites is 1. The van der Waals surface area contributed by atoms with Crippen LogP contribution in [0.3, 0.4) is 0 Å². The molecular weight excluding hydrogens is 360 g/mol. The summed E-state index contributed by atoms with van der Waals surface area (Å²) in [5, 5.41) is 6.88. The van der Waals surface area contributed by atoms with E-state index in [1.807, 2.05) is 43.9 Å². The number of benzene rings is 1. The Balaban J connectivity index is 1.45. The van der Waals surface area contributed by atoms with Crippen LogP contribution in [0, 0.1) is 0 Å². The van der Waals surface area contributed by atoms with E-state index >= 15 is 0 Å². The summed E-state index contributed by atoms with van der Waals surface area (Å²) in [5.41, 5.74) is 0.781. The lowest BCUT2D eigenvalue weighted by molar-refractivity contribution is 0.163. The van der Waals surface area contributed by atoms with Gasteiger partial charge in [-0.2, -0.15) is 4.98 Å². The molecule has 0 bridgehead atoms. The second-order valence-corrected chi connectivity index (χ2v) is 8.15. The fourth-order valence-electron chi connectivity index (χ4n) is 3.58. The van der Waals surface area contributed by atoms with Crippen LogP contribution >= 0.6 is 0 Å². The molecule has 0 unspecified atom stereocenters. The van der Waals surface area contributed by atoms with Gasteiger partial charge in [-0.3, -0.25) is 0 Å². The predicted octanol–water partition coefficient (Wildman–Crippen LogP) is 3.19. The standard InChI is InChI=1S/C20H26N4O4/c1-20(2,3)18-22-16(23-28-18)12-21-19(25)24-9-5-7-14(24)13-6-4-8-15-17(13)27-11-10-26-15/h4,6,8,14H,5,7,9-12H2,1-3H3,(H,21,25)/t14-/m1/s1. The maximum absolute atomic E-state index is 12.8. The number of fused-ring (bicyclic) bond motifs is 1. The zero-order valence-electron chi connectivity index (χ0n) is 16.5. The van der Waals surface area contributed by atoms with E-state index in [2.05, 4.69) is 15.5 Å². The first-order valence-electron chi connectivity index (χ1n) is 9.69. The van der Waals surface area contributed by atoms with E-state index < -0.39 is 0 Å². The molecule has 8 heteroatoms. The smallest absolute Gasteiger partial charge is 0.318 e. The van der Waals surface area contributed by atoms with Gasteiger partial charge in [-0.25, -0.2) is 4.79 Å². The summed E-state index contributed by atoms with van der Waals surface area (Å²) in [7, 11) is 0. The molecule has 0 radical (unpaired) electrons. The Bertz CT molecular complexity index is 858. The number of nitrogens with zero attached hydrogens (tertiary/aromatic N) is 3. The van der Waals surface area contributed by atoms with E-state index in [1.54, 1.807) is 0 Å². The lowest BCUT2D eigenvalue weighted by Gasteiger charge is -2.28. The van der Waals surface area contributed by atoms with Crippen molar-refractivity contribution in [3.8, 4) is 11.5 Å². The number of carbonyl (C=O) groups is 1. The van der Waals surface area contributed by atoms with Gasteiger partial charge in [0.1, 0.15) is 13.2 Å². The Hall–Kier alpha value is -2.77. The Labute approximate surface area is 164 Å². The first-order valence-corrected chi connectivity index (χ1v) is 9.69. The highest BCUT2D eigenvalue weighted by molar-refractivity contribution is 5.75. The largest absolute Gasteiger partial charge is 0.486 e. The van der Waals surface area contributed by atoms with Gasteiger partial charge in [-0.15, -0.1) is 0 Å². The molecule has 4 rings (SSSR count). The van der Waals surface area contributed by atoms with Crippen molar-refractivity contribution in [1.29, 1.82) is 0 Å². The van der Waals surface area contributed by atoms with E-state index in [-0.39, 0.29) is 24.0 Å². The molecule has 2 aromatic rings. The molecule has 1 N–H and O–H groups in total. The summed E-state index contributed by atoms with van der Waals surface area (Å²) in [6, 6.07) is 5.69. The van der Waals surface area contributed by atoms with Gasteiger partial charge in [0.2, 0.25) is 5.89 Å². The number of rotatable bonds is 3. The summed E-state index contributed by atoms with van der Waals surface area (Å²) in [6.45, 7) is 8.01. The van der Waals surface area contributed by atoms with Crippen molar-refractivity contribution in [2.75, 3.05) is 19.8 Å². The molecule has 2 aliphatic rings. The first kappa shape index (κ1) is 18.6. The molecule has 1 aromatic heterocycles. The van der Waals surface area contributed by atoms with Crippen molar-refractivity contribution in [3.63, 3.8) is 0 Å². The first-order chi connectivity index (χ1) is 13.4. The maximum atomic E-state index is 12.8. The molecule has 8 nitrogen and oxygen atoms in total. The molecule has 150 valence electrons. The molecule has 0 spiro atoms. The van der Waals surface area contributed by atoms with Crippen molar-refractivity contribution in [3.05, 3.63) is 35.5 Å². The number of urea groups is 1. The number of hydrogen-bond acceptors (Lipinski definition) is 6. The predicted molar refractivity (Wildman–Crippen MR) is 101 cm³/mol. The Morgan fingerprint density at radius 2 is 2.11 bits per heavy atom. The van der Waals surface area contributed by atoms with Gasteiger partial charge < -0.3 is 24.2 Å². The minimum absolute atomic E-state index is 0.0351. The van der Waals surface area contributed by atoms with Crippen LogP contribution in [0.1, 0.15) is 56.9 Å². The number of aromatic nitrogens is 2. The van der Waals surface area contributed by atoms with Gasteiger partial charge in [-0.05, 0) is 18.9 Å². The third-order valence-electron chi connectivity index (χ3n) is 4.98. The summed E-state index contributed by atoms with van der Waals surface area (Å²) in [4.78, 5) is 19.0. The van der Waals surface area contributed by atoms with Gasteiger partial charge >= 0.3 is 6.03 Å². The van der Waals surface area contributed by atoms with Gasteiger partial charge in [-0.1, -0.05) is 38.1 Å². The molecule has 1 aromatic carbocycles. The molecular formula is C20H26N4O4. The number of likely N-dealkylation sites (tertiary alicyclic amines) is 1. The fraction of sp³-hybridized carbons (Fsp3) is 0.550. The minimum atomic E-state index is -0.218. The molecule has 28 heavy (non-hydrogen) atoms. The third-order valence-corrected chi connectivity index (χ3v) is 4.98. The lowest BCUT2D eigenvalue weighted by Crippen LogP contribution is -2.39. The minimum Gasteiger partial charge on any atom is -0.486 e. The molecule has 0 aliphatic carbocycles. The van der Waals surface area contributed by atoms with E-state index in [9.17, 15) is 4.79 Å². The summed E-state index contributed by atoms with van der Waals surface area (Å²) in [5.74, 6) is 2.54. The van der Waals surface area contributed by atoms with E-state index in [1.165, 1.54) is 0 Å². The van der Waals surface area contributed by atoms with Gasteiger partial charge in [0.25, 0.3) is 0 Å². The van der Waals surface area contributed by atoms with E-state index in [0.29, 0.717) is 31.5 Å². The van der Waals surface area contributed by atoms with Crippen LogP contribution in [-0.4, -0.2) is 40.8 Å². The van der Waals surface area contributed by atoms with Gasteiger partial charge in [0, 0.05) is 17.5 Å². The highest BCUT2D eigenvalue weighted by Gasteiger charge is 2.33. The summed E-state index contributed by atoms with van der Waals surface area (Å²) < 4.78 is 16.8. The SMILES string of the molecule is CC(C)(C)c1nc(CNC(=O)N2CCC[C@@H]2c2cccc3c2OCCO3)no1. The van der Waals surface area contributed by atoms with Crippen molar-refractivity contribution in [2.24, 2.45) is 0 Å². The van der Waals surface area contributed by atoms with Crippen molar-refractivity contribution >= 4 is 6.03 Å². The summed E-state index contributed by atoms with van der Waals surface area (Å²) in [6.07, 6.45) is 1.84. The van der Waals surface area contributed by atoms with Crippen LogP contribution in [0.2, 0.25) is 0 Å². The van der Waals surface area contributed by atoms with Gasteiger partial charge in [0.15, 0.2) is 17.3 Å². The van der Waals surface area contributed by atoms with Crippen molar-refractivity contribution < 1.29 is 18.8 Å². The van der Waals surface area contributed by atoms with E-state index in [0.717, 1.165) is 29.9 Å². The van der Waals surface area contributed by atoms with Crippen LogP contribution in [0.25, 0.3) is 0 Å². The third kappa shape index (κ3) is 3.63.